The molecule has 20 heavy (non-hydrogen) atoms. The highest BCUT2D eigenvalue weighted by Crippen LogP contribution is 2.18. The molecule has 0 radical (unpaired) electrons. The van der Waals surface area contributed by atoms with Gasteiger partial charge in [0.25, 0.3) is 5.91 Å². The van der Waals surface area contributed by atoms with Crippen molar-refractivity contribution in [2.24, 2.45) is 0 Å². The molecule has 0 aromatic carbocycles. The largest absolute Gasteiger partial charge is 0.349 e. The van der Waals surface area contributed by atoms with E-state index in [1.54, 1.807) is 6.07 Å². The topological polar surface area (TPSA) is 77.8 Å². The van der Waals surface area contributed by atoms with E-state index in [4.69, 9.17) is 5.26 Å². The number of hydrogen-bond acceptors (Lipinski definition) is 4. The van der Waals surface area contributed by atoms with Crippen LogP contribution >= 0.6 is 0 Å². The van der Waals surface area contributed by atoms with Gasteiger partial charge < -0.3 is 10.6 Å². The maximum atomic E-state index is 12.0. The van der Waals surface area contributed by atoms with Gasteiger partial charge in [0.1, 0.15) is 17.5 Å². The molecular weight excluding hydrogens is 252 g/mol. The zero-order valence-corrected chi connectivity index (χ0v) is 11.5. The average molecular weight is 270 g/mol. The van der Waals surface area contributed by atoms with Gasteiger partial charge in [-0.25, -0.2) is 4.98 Å². The van der Waals surface area contributed by atoms with E-state index >= 15 is 0 Å². The number of nitrogens with zero attached hydrogens (tertiary/aromatic N) is 2. The summed E-state index contributed by atoms with van der Waals surface area (Å²) in [6.07, 6.45) is 5.69. The first-order valence-electron chi connectivity index (χ1n) is 6.80. The van der Waals surface area contributed by atoms with Gasteiger partial charge in [0.05, 0.1) is 0 Å². The molecule has 5 nitrogen and oxygen atoms in total. The Balaban J connectivity index is 1.98. The van der Waals surface area contributed by atoms with Crippen molar-refractivity contribution in [3.05, 3.63) is 35.7 Å². The van der Waals surface area contributed by atoms with Crippen molar-refractivity contribution in [3.8, 4) is 6.07 Å². The summed E-state index contributed by atoms with van der Waals surface area (Å²) in [7, 11) is 0. The van der Waals surface area contributed by atoms with Gasteiger partial charge in [-0.3, -0.25) is 4.79 Å². The summed E-state index contributed by atoms with van der Waals surface area (Å²) in [5.74, 6) is 0.297. The quantitative estimate of drug-likeness (QED) is 0.650. The summed E-state index contributed by atoms with van der Waals surface area (Å²) in [5, 5.41) is 14.8. The number of amides is 1. The number of nitriles is 1. The lowest BCUT2D eigenvalue weighted by atomic mass is 10.2. The van der Waals surface area contributed by atoms with Crippen molar-refractivity contribution in [1.29, 1.82) is 5.26 Å². The molecule has 104 valence electrons. The first-order chi connectivity index (χ1) is 9.69. The molecule has 5 heteroatoms. The SMILES string of the molecule is Cc1cccc(N/C=C(/C#N)C(=O)NC2CCCC2)n1. The summed E-state index contributed by atoms with van der Waals surface area (Å²) in [5.41, 5.74) is 0.942. The molecular formula is C15H18N4O. The standard InChI is InChI=1S/C15H18N4O/c1-11-5-4-8-14(18-11)17-10-12(9-16)15(20)19-13-6-2-3-7-13/h4-5,8,10,13H,2-3,6-7H2,1H3,(H,17,18)(H,19,20)/b12-10-. The zero-order chi connectivity index (χ0) is 14.4. The highest BCUT2D eigenvalue weighted by Gasteiger charge is 2.19. The molecule has 1 fully saturated rings. The highest BCUT2D eigenvalue weighted by atomic mass is 16.1. The summed E-state index contributed by atoms with van der Waals surface area (Å²) in [6.45, 7) is 1.88. The number of hydrogen-bond donors (Lipinski definition) is 2. The Morgan fingerprint density at radius 1 is 1.45 bits per heavy atom. The van der Waals surface area contributed by atoms with E-state index in [1.165, 1.54) is 6.20 Å². The molecule has 0 saturated heterocycles. The Morgan fingerprint density at radius 3 is 2.85 bits per heavy atom. The van der Waals surface area contributed by atoms with Crippen LogP contribution in [0, 0.1) is 18.3 Å². The maximum absolute atomic E-state index is 12.0. The third kappa shape index (κ3) is 3.82. The summed E-state index contributed by atoms with van der Waals surface area (Å²) in [6, 6.07) is 7.66. The Bertz CT molecular complexity index is 553. The highest BCUT2D eigenvalue weighted by molar-refractivity contribution is 5.97. The number of aromatic nitrogens is 1. The third-order valence-electron chi connectivity index (χ3n) is 3.31. The van der Waals surface area contributed by atoms with Crippen molar-refractivity contribution in [2.75, 3.05) is 5.32 Å². The van der Waals surface area contributed by atoms with Crippen molar-refractivity contribution < 1.29 is 4.79 Å². The molecule has 1 aromatic rings. The van der Waals surface area contributed by atoms with Crippen LogP contribution in [0.5, 0.6) is 0 Å². The Labute approximate surface area is 118 Å². The lowest BCUT2D eigenvalue weighted by molar-refractivity contribution is -0.117. The maximum Gasteiger partial charge on any atom is 0.263 e. The molecule has 0 atom stereocenters. The van der Waals surface area contributed by atoms with Crippen LogP contribution < -0.4 is 10.6 Å². The number of anilines is 1. The van der Waals surface area contributed by atoms with Crippen LogP contribution in [-0.4, -0.2) is 16.9 Å². The van der Waals surface area contributed by atoms with Crippen LogP contribution in [0.2, 0.25) is 0 Å². The van der Waals surface area contributed by atoms with Crippen LogP contribution in [0.4, 0.5) is 5.82 Å². The van der Waals surface area contributed by atoms with Crippen molar-refractivity contribution in [1.82, 2.24) is 10.3 Å². The molecule has 1 heterocycles. The number of nitrogens with one attached hydrogen (secondary N) is 2. The minimum absolute atomic E-state index is 0.0696. The van der Waals surface area contributed by atoms with E-state index in [9.17, 15) is 4.79 Å². The second-order valence-electron chi connectivity index (χ2n) is 4.93. The minimum Gasteiger partial charge on any atom is -0.349 e. The van der Waals surface area contributed by atoms with Crippen LogP contribution in [0.15, 0.2) is 30.0 Å². The molecule has 0 unspecified atom stereocenters. The summed E-state index contributed by atoms with van der Waals surface area (Å²) < 4.78 is 0. The van der Waals surface area contributed by atoms with E-state index < -0.39 is 0 Å². The monoisotopic (exact) mass is 270 g/mol. The fourth-order valence-electron chi connectivity index (χ4n) is 2.25. The molecule has 0 aliphatic heterocycles. The average Bonchev–Trinajstić information content (AvgIpc) is 2.92. The summed E-state index contributed by atoms with van der Waals surface area (Å²) in [4.78, 5) is 16.2. The number of pyridine rings is 1. The van der Waals surface area contributed by atoms with Gasteiger partial charge in [0, 0.05) is 17.9 Å². The zero-order valence-electron chi connectivity index (χ0n) is 11.5. The molecule has 1 aliphatic rings. The van der Waals surface area contributed by atoms with E-state index in [0.29, 0.717) is 5.82 Å². The fourth-order valence-corrected chi connectivity index (χ4v) is 2.25. The van der Waals surface area contributed by atoms with Gasteiger partial charge in [0.2, 0.25) is 0 Å². The molecule has 0 spiro atoms. The van der Waals surface area contributed by atoms with Crippen molar-refractivity contribution >= 4 is 11.7 Å². The molecule has 2 N–H and O–H groups in total. The predicted molar refractivity (Wildman–Crippen MR) is 76.7 cm³/mol. The van der Waals surface area contributed by atoms with Gasteiger partial charge >= 0.3 is 0 Å². The normalized spacial score (nSPS) is 15.7. The second kappa shape index (κ2) is 6.71. The first kappa shape index (κ1) is 14.1. The van der Waals surface area contributed by atoms with E-state index in [2.05, 4.69) is 15.6 Å². The number of carbonyl (C=O) groups excluding carboxylic acids is 1. The van der Waals surface area contributed by atoms with Crippen LogP contribution in [-0.2, 0) is 4.79 Å². The van der Waals surface area contributed by atoms with Gasteiger partial charge in [-0.1, -0.05) is 18.9 Å². The van der Waals surface area contributed by atoms with E-state index in [0.717, 1.165) is 31.4 Å². The molecule has 1 amide bonds. The third-order valence-corrected chi connectivity index (χ3v) is 3.31. The van der Waals surface area contributed by atoms with Gasteiger partial charge in [0.15, 0.2) is 0 Å². The van der Waals surface area contributed by atoms with E-state index in [1.807, 2.05) is 25.1 Å². The fraction of sp³-hybridized carbons (Fsp3) is 0.400. The molecule has 1 aliphatic carbocycles. The van der Waals surface area contributed by atoms with Gasteiger partial charge in [-0.15, -0.1) is 0 Å². The Morgan fingerprint density at radius 2 is 2.20 bits per heavy atom. The predicted octanol–water partition coefficient (Wildman–Crippen LogP) is 2.27. The lowest BCUT2D eigenvalue weighted by Gasteiger charge is -2.11. The minimum atomic E-state index is -0.320. The number of carbonyl (C=O) groups is 1. The van der Waals surface area contributed by atoms with Crippen LogP contribution in [0.3, 0.4) is 0 Å². The summed E-state index contributed by atoms with van der Waals surface area (Å²) >= 11 is 0. The van der Waals surface area contributed by atoms with Crippen LogP contribution in [0.1, 0.15) is 31.4 Å². The number of aryl methyl sites for hydroxylation is 1. The molecule has 2 rings (SSSR count). The van der Waals surface area contributed by atoms with Gasteiger partial charge in [-0.05, 0) is 31.9 Å². The lowest BCUT2D eigenvalue weighted by Crippen LogP contribution is -2.33. The molecule has 0 bridgehead atoms. The Kier molecular flexibility index (Phi) is 4.72. The van der Waals surface area contributed by atoms with E-state index in [-0.39, 0.29) is 17.5 Å². The first-order valence-corrected chi connectivity index (χ1v) is 6.80. The second-order valence-corrected chi connectivity index (χ2v) is 4.93. The van der Waals surface area contributed by atoms with Gasteiger partial charge in [-0.2, -0.15) is 5.26 Å². The van der Waals surface area contributed by atoms with Crippen molar-refractivity contribution in [3.63, 3.8) is 0 Å². The van der Waals surface area contributed by atoms with Crippen molar-refractivity contribution in [2.45, 2.75) is 38.6 Å². The molecule has 1 aromatic heterocycles. The smallest absolute Gasteiger partial charge is 0.263 e. The van der Waals surface area contributed by atoms with Crippen LogP contribution in [0.25, 0.3) is 0 Å². The number of rotatable bonds is 4. The Hall–Kier alpha value is -2.35. The molecule has 1 saturated carbocycles.